The minimum absolute atomic E-state index is 0.0287. The number of pyridine rings is 1. The maximum Gasteiger partial charge on any atom is 0.233 e. The van der Waals surface area contributed by atoms with Crippen LogP contribution in [0, 0.1) is 13.8 Å². The number of thiazole rings is 1. The summed E-state index contributed by atoms with van der Waals surface area (Å²) in [6.07, 6.45) is 3.01. The largest absolute Gasteiger partial charge is 0.282 e. The summed E-state index contributed by atoms with van der Waals surface area (Å²) >= 11 is 1.56. The zero-order valence-electron chi connectivity index (χ0n) is 17.6. The lowest BCUT2D eigenvalue weighted by atomic mass is 10.0. The highest BCUT2D eigenvalue weighted by Gasteiger charge is 2.22. The number of nitrogens with zero attached hydrogens (tertiary/aromatic N) is 3. The van der Waals surface area contributed by atoms with Crippen LogP contribution in [0.2, 0.25) is 0 Å². The van der Waals surface area contributed by atoms with Crippen molar-refractivity contribution in [3.05, 3.63) is 88.7 Å². The van der Waals surface area contributed by atoms with E-state index in [0.717, 1.165) is 33.0 Å². The molecule has 2 heterocycles. The Hall–Kier alpha value is -3.05. The van der Waals surface area contributed by atoms with Crippen molar-refractivity contribution >= 4 is 32.6 Å². The molecule has 4 rings (SSSR count). The number of carbonyl (C=O) groups is 1. The molecule has 0 aliphatic carbocycles. The van der Waals surface area contributed by atoms with Gasteiger partial charge in [0.25, 0.3) is 0 Å². The standard InChI is InChI=1S/C25H25N3OS/c1-4-20-8-7-10-22-24(20)27-25(30-22)28(16-21-9-5-6-13-26-21)23(29)15-19-12-11-17(2)18(3)14-19/h5-14H,4,15-16H2,1-3H3. The van der Waals surface area contributed by atoms with Crippen LogP contribution in [-0.4, -0.2) is 15.9 Å². The van der Waals surface area contributed by atoms with Crippen LogP contribution in [0.3, 0.4) is 0 Å². The number of benzene rings is 2. The monoisotopic (exact) mass is 415 g/mol. The molecule has 0 fully saturated rings. The second kappa shape index (κ2) is 8.76. The van der Waals surface area contributed by atoms with Crippen LogP contribution >= 0.6 is 11.3 Å². The molecule has 2 aromatic heterocycles. The van der Waals surface area contributed by atoms with Gasteiger partial charge in [0, 0.05) is 6.20 Å². The third kappa shape index (κ3) is 4.26. The summed E-state index contributed by atoms with van der Waals surface area (Å²) in [5.41, 5.74) is 6.49. The van der Waals surface area contributed by atoms with Gasteiger partial charge in [-0.05, 0) is 60.7 Å². The topological polar surface area (TPSA) is 46.1 Å². The van der Waals surface area contributed by atoms with E-state index in [9.17, 15) is 4.79 Å². The molecule has 30 heavy (non-hydrogen) atoms. The molecule has 1 amide bonds. The predicted molar refractivity (Wildman–Crippen MR) is 124 cm³/mol. The summed E-state index contributed by atoms with van der Waals surface area (Å²) in [5, 5.41) is 0.727. The lowest BCUT2D eigenvalue weighted by Crippen LogP contribution is -2.32. The number of anilines is 1. The van der Waals surface area contributed by atoms with E-state index in [4.69, 9.17) is 4.98 Å². The molecule has 152 valence electrons. The van der Waals surface area contributed by atoms with Gasteiger partial charge < -0.3 is 0 Å². The van der Waals surface area contributed by atoms with Crippen molar-refractivity contribution in [1.29, 1.82) is 0 Å². The van der Waals surface area contributed by atoms with Crippen molar-refractivity contribution in [3.63, 3.8) is 0 Å². The Morgan fingerprint density at radius 1 is 1.03 bits per heavy atom. The summed E-state index contributed by atoms with van der Waals surface area (Å²) in [5.74, 6) is 0.0287. The normalized spacial score (nSPS) is 11.0. The molecule has 0 aliphatic rings. The van der Waals surface area contributed by atoms with Gasteiger partial charge in [0.15, 0.2) is 5.13 Å². The summed E-state index contributed by atoms with van der Waals surface area (Å²) in [4.78, 5) is 24.5. The number of hydrogen-bond acceptors (Lipinski definition) is 4. The van der Waals surface area contributed by atoms with Crippen LogP contribution in [0.1, 0.15) is 34.9 Å². The predicted octanol–water partition coefficient (Wildman–Crippen LogP) is 5.65. The highest BCUT2D eigenvalue weighted by atomic mass is 32.1. The van der Waals surface area contributed by atoms with Gasteiger partial charge in [0.05, 0.1) is 28.9 Å². The molecule has 0 spiro atoms. The van der Waals surface area contributed by atoms with Crippen LogP contribution in [0.5, 0.6) is 0 Å². The van der Waals surface area contributed by atoms with Crippen molar-refractivity contribution in [2.45, 2.75) is 40.2 Å². The zero-order chi connectivity index (χ0) is 21.1. The first-order chi connectivity index (χ1) is 14.5. The summed E-state index contributed by atoms with van der Waals surface area (Å²) in [6, 6.07) is 18.2. The van der Waals surface area contributed by atoms with E-state index in [-0.39, 0.29) is 5.91 Å². The van der Waals surface area contributed by atoms with Gasteiger partial charge in [-0.15, -0.1) is 0 Å². The highest BCUT2D eigenvalue weighted by Crippen LogP contribution is 2.32. The van der Waals surface area contributed by atoms with E-state index >= 15 is 0 Å². The molecule has 0 atom stereocenters. The fourth-order valence-corrected chi connectivity index (χ4v) is 4.52. The molecule has 5 heteroatoms. The van der Waals surface area contributed by atoms with Gasteiger partial charge in [-0.2, -0.15) is 0 Å². The second-order valence-electron chi connectivity index (χ2n) is 7.51. The SMILES string of the molecule is CCc1cccc2sc(N(Cc3ccccn3)C(=O)Cc3ccc(C)c(C)c3)nc12. The van der Waals surface area contributed by atoms with Gasteiger partial charge in [0.2, 0.25) is 5.91 Å². The van der Waals surface area contributed by atoms with Crippen molar-refractivity contribution in [2.75, 3.05) is 4.90 Å². The minimum Gasteiger partial charge on any atom is -0.282 e. The molecule has 2 aromatic carbocycles. The second-order valence-corrected chi connectivity index (χ2v) is 8.52. The van der Waals surface area contributed by atoms with Crippen molar-refractivity contribution < 1.29 is 4.79 Å². The van der Waals surface area contributed by atoms with Crippen LogP contribution in [-0.2, 0) is 24.2 Å². The van der Waals surface area contributed by atoms with E-state index in [1.165, 1.54) is 16.7 Å². The number of para-hydroxylation sites is 1. The van der Waals surface area contributed by atoms with E-state index in [2.05, 4.69) is 56.1 Å². The van der Waals surface area contributed by atoms with Gasteiger partial charge >= 0.3 is 0 Å². The maximum atomic E-state index is 13.4. The van der Waals surface area contributed by atoms with Crippen LogP contribution in [0.15, 0.2) is 60.8 Å². The molecular formula is C25H25N3OS. The molecule has 0 aliphatic heterocycles. The third-order valence-corrected chi connectivity index (χ3v) is 6.42. The van der Waals surface area contributed by atoms with Gasteiger partial charge in [-0.25, -0.2) is 4.98 Å². The van der Waals surface area contributed by atoms with Crippen LogP contribution in [0.25, 0.3) is 10.2 Å². The average molecular weight is 416 g/mol. The summed E-state index contributed by atoms with van der Waals surface area (Å²) in [7, 11) is 0. The number of rotatable bonds is 6. The number of fused-ring (bicyclic) bond motifs is 1. The number of aryl methyl sites for hydroxylation is 3. The van der Waals surface area contributed by atoms with E-state index in [1.807, 2.05) is 24.3 Å². The number of carbonyl (C=O) groups excluding carboxylic acids is 1. The molecule has 0 N–H and O–H groups in total. The average Bonchev–Trinajstić information content (AvgIpc) is 3.19. The Morgan fingerprint density at radius 3 is 2.63 bits per heavy atom. The molecular weight excluding hydrogens is 390 g/mol. The fourth-order valence-electron chi connectivity index (χ4n) is 3.49. The fraction of sp³-hybridized carbons (Fsp3) is 0.240. The molecule has 0 saturated heterocycles. The molecule has 0 saturated carbocycles. The first kappa shape index (κ1) is 20.2. The Kier molecular flexibility index (Phi) is 5.91. The van der Waals surface area contributed by atoms with Crippen molar-refractivity contribution in [2.24, 2.45) is 0 Å². The molecule has 0 bridgehead atoms. The third-order valence-electron chi connectivity index (χ3n) is 5.38. The molecule has 0 radical (unpaired) electrons. The smallest absolute Gasteiger partial charge is 0.233 e. The van der Waals surface area contributed by atoms with Crippen LogP contribution in [0.4, 0.5) is 5.13 Å². The first-order valence-corrected chi connectivity index (χ1v) is 11.0. The van der Waals surface area contributed by atoms with Crippen LogP contribution < -0.4 is 4.90 Å². The summed E-state index contributed by atoms with van der Waals surface area (Å²) in [6.45, 7) is 6.70. The Morgan fingerprint density at radius 2 is 1.90 bits per heavy atom. The quantitative estimate of drug-likeness (QED) is 0.409. The Balaban J connectivity index is 1.70. The van der Waals surface area contributed by atoms with Gasteiger partial charge in [-0.3, -0.25) is 14.7 Å². The minimum atomic E-state index is 0.0287. The zero-order valence-corrected chi connectivity index (χ0v) is 18.4. The highest BCUT2D eigenvalue weighted by molar-refractivity contribution is 7.22. The lowest BCUT2D eigenvalue weighted by Gasteiger charge is -2.20. The van der Waals surface area contributed by atoms with Gasteiger partial charge in [-0.1, -0.05) is 54.7 Å². The molecule has 4 aromatic rings. The molecule has 0 unspecified atom stereocenters. The Labute approximate surface area is 181 Å². The summed E-state index contributed by atoms with van der Waals surface area (Å²) < 4.78 is 1.11. The Bertz CT molecular complexity index is 1180. The number of hydrogen-bond donors (Lipinski definition) is 0. The van der Waals surface area contributed by atoms with Crippen molar-refractivity contribution in [1.82, 2.24) is 9.97 Å². The van der Waals surface area contributed by atoms with E-state index < -0.39 is 0 Å². The maximum absolute atomic E-state index is 13.4. The van der Waals surface area contributed by atoms with Gasteiger partial charge in [0.1, 0.15) is 0 Å². The first-order valence-electron chi connectivity index (χ1n) is 10.2. The van der Waals surface area contributed by atoms with E-state index in [1.54, 1.807) is 22.4 Å². The number of aromatic nitrogens is 2. The molecule has 4 nitrogen and oxygen atoms in total. The lowest BCUT2D eigenvalue weighted by molar-refractivity contribution is -0.118. The van der Waals surface area contributed by atoms with E-state index in [0.29, 0.717) is 13.0 Å². The number of amides is 1. The van der Waals surface area contributed by atoms with Crippen molar-refractivity contribution in [3.8, 4) is 0 Å².